The van der Waals surface area contributed by atoms with Crippen molar-refractivity contribution in [2.24, 2.45) is 0 Å². The van der Waals surface area contributed by atoms with Gasteiger partial charge in [-0.3, -0.25) is 4.89 Å². The Morgan fingerprint density at radius 2 is 0.861 bits per heavy atom. The third-order valence-electron chi connectivity index (χ3n) is 6.43. The van der Waals surface area contributed by atoms with Gasteiger partial charge in [0.2, 0.25) is 0 Å². The van der Waals surface area contributed by atoms with Gasteiger partial charge in [0, 0.05) is 16.5 Å². The normalized spacial score (nSPS) is 11.2. The molecule has 0 saturated carbocycles. The van der Waals surface area contributed by atoms with Gasteiger partial charge >= 0.3 is 7.82 Å². The zero-order chi connectivity index (χ0) is 25.2. The molecule has 0 spiro atoms. The van der Waals surface area contributed by atoms with Gasteiger partial charge in [0.15, 0.2) is 0 Å². The van der Waals surface area contributed by atoms with Crippen molar-refractivity contribution in [3.63, 3.8) is 0 Å². The van der Waals surface area contributed by atoms with Crippen molar-refractivity contribution in [3.8, 4) is 11.5 Å². The van der Waals surface area contributed by atoms with E-state index in [1.807, 2.05) is 24.3 Å². The van der Waals surface area contributed by atoms with Crippen LogP contribution in [-0.4, -0.2) is 4.89 Å². The first kappa shape index (κ1) is 32.8. The summed E-state index contributed by atoms with van der Waals surface area (Å²) in [5.74, 6) is 0.685. The summed E-state index contributed by atoms with van der Waals surface area (Å²) >= 11 is 0. The van der Waals surface area contributed by atoms with Crippen molar-refractivity contribution in [1.29, 1.82) is 0 Å². The molecule has 1 N–H and O–H groups in total. The van der Waals surface area contributed by atoms with E-state index < -0.39 is 7.82 Å². The first-order valence-electron chi connectivity index (χ1n) is 13.9. The summed E-state index contributed by atoms with van der Waals surface area (Å²) in [6.45, 7) is 4.48. The van der Waals surface area contributed by atoms with Crippen molar-refractivity contribution >= 4 is 7.82 Å². The Balaban J connectivity index is 0.00000648. The van der Waals surface area contributed by atoms with Gasteiger partial charge in [-0.2, -0.15) is 0 Å². The van der Waals surface area contributed by atoms with E-state index in [-0.39, 0.29) is 16.5 Å². The van der Waals surface area contributed by atoms with Gasteiger partial charge in [0.25, 0.3) is 0 Å². The standard InChI is InChI=1S/C30H47O4P.Ni/c1-3-5-7-9-11-13-15-17-27-19-23-29(24-20-27)33-35(31,32)34-30-25-21-28(22-26-30)18-16-14-12-10-8-6-4-2;/h19-26H,3-18H2,1-2H3,(H,31,32);. The molecule has 206 valence electrons. The number of phosphoric ester groups is 1. The zero-order valence-electron chi connectivity index (χ0n) is 22.4. The van der Waals surface area contributed by atoms with Crippen LogP contribution in [0.2, 0.25) is 0 Å². The van der Waals surface area contributed by atoms with Crippen LogP contribution in [0.1, 0.15) is 115 Å². The van der Waals surface area contributed by atoms with Gasteiger partial charge in [0.1, 0.15) is 11.5 Å². The molecule has 0 unspecified atom stereocenters. The molecule has 0 bridgehead atoms. The van der Waals surface area contributed by atoms with Gasteiger partial charge < -0.3 is 9.05 Å². The summed E-state index contributed by atoms with van der Waals surface area (Å²) < 4.78 is 23.0. The van der Waals surface area contributed by atoms with Gasteiger partial charge in [-0.05, 0) is 61.1 Å². The van der Waals surface area contributed by atoms with Gasteiger partial charge in [-0.25, -0.2) is 4.57 Å². The van der Waals surface area contributed by atoms with Crippen molar-refractivity contribution in [2.45, 2.75) is 117 Å². The molecule has 2 aromatic carbocycles. The third kappa shape index (κ3) is 15.1. The maximum Gasteiger partial charge on any atom is 0.584 e. The zero-order valence-corrected chi connectivity index (χ0v) is 24.2. The predicted molar refractivity (Wildman–Crippen MR) is 147 cm³/mol. The Kier molecular flexibility index (Phi) is 18.0. The fraction of sp³-hybridized carbons (Fsp3) is 0.600. The summed E-state index contributed by atoms with van der Waals surface area (Å²) in [4.78, 5) is 10.2. The molecule has 0 aliphatic heterocycles. The summed E-state index contributed by atoms with van der Waals surface area (Å²) in [6.07, 6.45) is 20.1. The van der Waals surface area contributed by atoms with Crippen molar-refractivity contribution in [3.05, 3.63) is 59.7 Å². The van der Waals surface area contributed by atoms with E-state index in [0.717, 1.165) is 12.8 Å². The topological polar surface area (TPSA) is 55.8 Å². The molecule has 4 nitrogen and oxygen atoms in total. The van der Waals surface area contributed by atoms with Crippen LogP contribution in [-0.2, 0) is 33.9 Å². The average molecular weight is 561 g/mol. The van der Waals surface area contributed by atoms with E-state index in [9.17, 15) is 9.46 Å². The number of hydrogen-bond acceptors (Lipinski definition) is 3. The number of benzene rings is 2. The Hall–Kier alpha value is -1.28. The molecule has 0 aromatic heterocycles. The van der Waals surface area contributed by atoms with E-state index in [1.165, 1.54) is 101 Å². The van der Waals surface area contributed by atoms with Crippen LogP contribution in [0.25, 0.3) is 0 Å². The Morgan fingerprint density at radius 1 is 0.556 bits per heavy atom. The summed E-state index contributed by atoms with van der Waals surface area (Å²) in [7, 11) is -4.25. The minimum absolute atomic E-state index is 0. The second kappa shape index (κ2) is 19.8. The van der Waals surface area contributed by atoms with Crippen LogP contribution >= 0.6 is 7.82 Å². The number of rotatable bonds is 20. The number of aryl methyl sites for hydroxylation is 2. The van der Waals surface area contributed by atoms with Crippen LogP contribution in [0.15, 0.2) is 48.5 Å². The molecular weight excluding hydrogens is 514 g/mol. The van der Waals surface area contributed by atoms with Crippen LogP contribution < -0.4 is 9.05 Å². The summed E-state index contributed by atoms with van der Waals surface area (Å²) in [5, 5.41) is 0. The van der Waals surface area contributed by atoms with Crippen LogP contribution in [0, 0.1) is 0 Å². The Morgan fingerprint density at radius 3 is 1.19 bits per heavy atom. The van der Waals surface area contributed by atoms with Crippen LogP contribution in [0.4, 0.5) is 0 Å². The molecule has 6 heteroatoms. The molecule has 0 radical (unpaired) electrons. The molecule has 0 atom stereocenters. The fourth-order valence-corrected chi connectivity index (χ4v) is 5.10. The quantitative estimate of drug-likeness (QED) is 0.0994. The molecule has 0 fully saturated rings. The van der Waals surface area contributed by atoms with E-state index in [0.29, 0.717) is 11.5 Å². The minimum Gasteiger partial charge on any atom is -0.395 e. The Bertz CT molecular complexity index is 772. The van der Waals surface area contributed by atoms with Crippen molar-refractivity contribution in [1.82, 2.24) is 0 Å². The largest absolute Gasteiger partial charge is 0.584 e. The molecular formula is C30H47NiO4P. The molecule has 0 heterocycles. The van der Waals surface area contributed by atoms with Crippen LogP contribution in [0.5, 0.6) is 11.5 Å². The maximum absolute atomic E-state index is 12.5. The second-order valence-corrected chi connectivity index (χ2v) is 11.0. The predicted octanol–water partition coefficient (Wildman–Crippen LogP) is 9.83. The second-order valence-electron chi connectivity index (χ2n) is 9.68. The van der Waals surface area contributed by atoms with Gasteiger partial charge in [0.05, 0.1) is 0 Å². The molecule has 2 aromatic rings. The molecule has 0 aliphatic carbocycles. The number of unbranched alkanes of at least 4 members (excludes halogenated alkanes) is 12. The summed E-state index contributed by atoms with van der Waals surface area (Å²) in [5.41, 5.74) is 2.44. The van der Waals surface area contributed by atoms with E-state index in [1.54, 1.807) is 24.3 Å². The molecule has 0 saturated heterocycles. The van der Waals surface area contributed by atoms with E-state index in [2.05, 4.69) is 13.8 Å². The van der Waals surface area contributed by atoms with Crippen molar-refractivity contribution in [2.75, 3.05) is 0 Å². The Labute approximate surface area is 230 Å². The number of phosphoric acid groups is 1. The first-order valence-corrected chi connectivity index (χ1v) is 15.4. The SMILES string of the molecule is CCCCCCCCCc1ccc(OP(=O)(O)Oc2ccc(CCCCCCCCC)cc2)cc1.[Ni]. The van der Waals surface area contributed by atoms with Crippen LogP contribution in [0.3, 0.4) is 0 Å². The van der Waals surface area contributed by atoms with Gasteiger partial charge in [-0.1, -0.05) is 115 Å². The van der Waals surface area contributed by atoms with E-state index in [4.69, 9.17) is 9.05 Å². The fourth-order valence-electron chi connectivity index (χ4n) is 4.29. The van der Waals surface area contributed by atoms with Gasteiger partial charge in [-0.15, -0.1) is 0 Å². The smallest absolute Gasteiger partial charge is 0.395 e. The number of hydrogen-bond donors (Lipinski definition) is 1. The molecule has 36 heavy (non-hydrogen) atoms. The third-order valence-corrected chi connectivity index (χ3v) is 7.31. The van der Waals surface area contributed by atoms with E-state index >= 15 is 0 Å². The monoisotopic (exact) mass is 560 g/mol. The molecule has 0 aliphatic rings. The minimum atomic E-state index is -4.25. The molecule has 0 amide bonds. The average Bonchev–Trinajstić information content (AvgIpc) is 2.84. The summed E-state index contributed by atoms with van der Waals surface area (Å²) in [6, 6.07) is 14.8. The maximum atomic E-state index is 12.5. The molecule has 2 rings (SSSR count). The van der Waals surface area contributed by atoms with Crippen molar-refractivity contribution < 1.29 is 35.0 Å². The first-order chi connectivity index (χ1) is 17.0.